The van der Waals surface area contributed by atoms with Gasteiger partial charge >= 0.3 is 11.9 Å². The maximum absolute atomic E-state index is 13.4. The van der Waals surface area contributed by atoms with Gasteiger partial charge in [0.15, 0.2) is 0 Å². The van der Waals surface area contributed by atoms with Crippen molar-refractivity contribution in [3.8, 4) is 5.75 Å². The third-order valence-electron chi connectivity index (χ3n) is 6.60. The molecule has 3 heterocycles. The maximum atomic E-state index is 13.4. The van der Waals surface area contributed by atoms with Crippen molar-refractivity contribution in [3.63, 3.8) is 0 Å². The average molecular weight is 511 g/mol. The van der Waals surface area contributed by atoms with Crippen LogP contribution in [0.1, 0.15) is 74.8 Å². The molecule has 9 nitrogen and oxygen atoms in total. The highest BCUT2D eigenvalue weighted by atomic mass is 16.5. The Morgan fingerprint density at radius 1 is 1.08 bits per heavy atom. The Morgan fingerprint density at radius 2 is 1.89 bits per heavy atom. The van der Waals surface area contributed by atoms with Gasteiger partial charge in [-0.15, -0.1) is 0 Å². The van der Waals surface area contributed by atoms with Crippen molar-refractivity contribution in [1.82, 2.24) is 9.88 Å². The van der Waals surface area contributed by atoms with E-state index in [-0.39, 0.29) is 24.5 Å². The number of esters is 2. The van der Waals surface area contributed by atoms with Crippen molar-refractivity contribution >= 4 is 28.7 Å². The average Bonchev–Trinajstić information content (AvgIpc) is 3.50. The number of unbranched alkanes of at least 4 members (excludes halogenated alkanes) is 2. The molecule has 1 aliphatic heterocycles. The molecule has 2 aromatic heterocycles. The molecule has 4 rings (SSSR count). The molecule has 0 saturated carbocycles. The minimum atomic E-state index is -0.430. The van der Waals surface area contributed by atoms with Crippen LogP contribution in [0.3, 0.4) is 0 Å². The van der Waals surface area contributed by atoms with E-state index in [0.717, 1.165) is 34.3 Å². The highest BCUT2D eigenvalue weighted by Crippen LogP contribution is 2.40. The van der Waals surface area contributed by atoms with Crippen LogP contribution in [-0.4, -0.2) is 48.0 Å². The second-order valence-corrected chi connectivity index (χ2v) is 9.12. The van der Waals surface area contributed by atoms with Gasteiger partial charge < -0.3 is 28.5 Å². The maximum Gasteiger partial charge on any atom is 0.305 e. The molecule has 1 atom stereocenters. The smallest absolute Gasteiger partial charge is 0.305 e. The molecule has 1 N–H and O–H groups in total. The lowest BCUT2D eigenvalue weighted by Crippen LogP contribution is -2.40. The van der Waals surface area contributed by atoms with E-state index in [4.69, 9.17) is 18.6 Å². The van der Waals surface area contributed by atoms with Gasteiger partial charge in [-0.05, 0) is 62.1 Å². The summed E-state index contributed by atoms with van der Waals surface area (Å²) in [6, 6.07) is 9.08. The molecule has 0 fully saturated rings. The number of furan rings is 1. The molecule has 3 aromatic rings. The Morgan fingerprint density at radius 3 is 2.65 bits per heavy atom. The fourth-order valence-electron chi connectivity index (χ4n) is 4.85. The number of rotatable bonds is 11. The van der Waals surface area contributed by atoms with Gasteiger partial charge in [0.25, 0.3) is 0 Å². The summed E-state index contributed by atoms with van der Waals surface area (Å²) in [5, 5.41) is 1.07. The molecule has 0 bridgehead atoms. The molecule has 0 unspecified atom stereocenters. The van der Waals surface area contributed by atoms with E-state index in [9.17, 15) is 14.4 Å². The molecule has 1 aliphatic rings. The largest absolute Gasteiger partial charge is 0.497 e. The number of H-pyrrole nitrogens is 1. The van der Waals surface area contributed by atoms with Crippen molar-refractivity contribution in [2.24, 2.45) is 0 Å². The van der Waals surface area contributed by atoms with Crippen molar-refractivity contribution < 1.29 is 33.0 Å². The van der Waals surface area contributed by atoms with Crippen LogP contribution in [0.15, 0.2) is 34.7 Å². The highest BCUT2D eigenvalue weighted by Gasteiger charge is 2.36. The monoisotopic (exact) mass is 510 g/mol. The van der Waals surface area contributed by atoms with Crippen molar-refractivity contribution in [2.45, 2.75) is 65.0 Å². The van der Waals surface area contributed by atoms with Gasteiger partial charge in [-0.25, -0.2) is 0 Å². The molecule has 1 aromatic carbocycles. The predicted octanol–water partition coefficient (Wildman–Crippen LogP) is 4.82. The summed E-state index contributed by atoms with van der Waals surface area (Å²) < 4.78 is 21.6. The summed E-state index contributed by atoms with van der Waals surface area (Å²) in [6.07, 6.45) is 3.61. The standard InChI is InChI=1S/C28H34N2O7/c1-4-35-26(33)9-7-5-6-8-25(32)30-15-14-21-22-16-19(34-3)10-12-23(22)29-27(21)28(30)24-13-11-20(37-24)17-36-18(2)31/h10-13,16,28-29H,4-9,14-15,17H2,1-3H3/t28-/m0/s1. The molecule has 0 radical (unpaired) electrons. The Bertz CT molecular complexity index is 1260. The second-order valence-electron chi connectivity index (χ2n) is 9.12. The summed E-state index contributed by atoms with van der Waals surface area (Å²) in [4.78, 5) is 41.6. The van der Waals surface area contributed by atoms with Crippen LogP contribution in [0, 0.1) is 0 Å². The zero-order chi connectivity index (χ0) is 26.4. The highest BCUT2D eigenvalue weighted by molar-refractivity contribution is 5.87. The van der Waals surface area contributed by atoms with Crippen LogP contribution in [0.2, 0.25) is 0 Å². The quantitative estimate of drug-likeness (QED) is 0.291. The van der Waals surface area contributed by atoms with Gasteiger partial charge in [0.05, 0.1) is 19.4 Å². The summed E-state index contributed by atoms with van der Waals surface area (Å²) in [6.45, 7) is 4.10. The summed E-state index contributed by atoms with van der Waals surface area (Å²) in [5.74, 6) is 1.34. The molecule has 198 valence electrons. The Hall–Kier alpha value is -3.75. The summed E-state index contributed by atoms with van der Waals surface area (Å²) >= 11 is 0. The number of carbonyl (C=O) groups is 3. The van der Waals surface area contributed by atoms with Gasteiger partial charge in [0, 0.05) is 37.2 Å². The predicted molar refractivity (Wildman–Crippen MR) is 136 cm³/mol. The van der Waals surface area contributed by atoms with E-state index in [1.165, 1.54) is 6.92 Å². The Balaban J connectivity index is 1.55. The van der Waals surface area contributed by atoms with E-state index in [1.54, 1.807) is 20.1 Å². The molecular weight excluding hydrogens is 476 g/mol. The summed E-state index contributed by atoms with van der Waals surface area (Å²) in [7, 11) is 1.64. The van der Waals surface area contributed by atoms with Gasteiger partial charge in [0.1, 0.15) is 29.9 Å². The Labute approximate surface area is 216 Å². The fraction of sp³-hybridized carbons (Fsp3) is 0.464. The zero-order valence-electron chi connectivity index (χ0n) is 21.6. The fourth-order valence-corrected chi connectivity index (χ4v) is 4.85. The van der Waals surface area contributed by atoms with Crippen molar-refractivity contribution in [1.29, 1.82) is 0 Å². The minimum absolute atomic E-state index is 0.0287. The molecule has 0 spiro atoms. The molecule has 0 saturated heterocycles. The topological polar surface area (TPSA) is 111 Å². The first-order valence-electron chi connectivity index (χ1n) is 12.8. The van der Waals surface area contributed by atoms with E-state index < -0.39 is 6.04 Å². The normalized spacial score (nSPS) is 14.9. The van der Waals surface area contributed by atoms with Gasteiger partial charge in [-0.3, -0.25) is 14.4 Å². The number of aromatic nitrogens is 1. The number of nitrogens with zero attached hydrogens (tertiary/aromatic N) is 1. The van der Waals surface area contributed by atoms with Gasteiger partial charge in [-0.1, -0.05) is 6.42 Å². The van der Waals surface area contributed by atoms with Crippen molar-refractivity contribution in [2.75, 3.05) is 20.3 Å². The minimum Gasteiger partial charge on any atom is -0.497 e. The third kappa shape index (κ3) is 6.15. The number of carbonyl (C=O) groups excluding carboxylic acids is 3. The number of hydrogen-bond acceptors (Lipinski definition) is 7. The lowest BCUT2D eigenvalue weighted by atomic mass is 9.95. The lowest BCUT2D eigenvalue weighted by molar-refractivity contribution is -0.143. The number of hydrogen-bond donors (Lipinski definition) is 1. The van der Waals surface area contributed by atoms with E-state index in [2.05, 4.69) is 4.98 Å². The molecule has 0 aliphatic carbocycles. The number of benzene rings is 1. The van der Waals surface area contributed by atoms with E-state index in [1.807, 2.05) is 29.2 Å². The second kappa shape index (κ2) is 12.0. The van der Waals surface area contributed by atoms with Crippen LogP contribution in [0.5, 0.6) is 5.75 Å². The summed E-state index contributed by atoms with van der Waals surface area (Å²) in [5.41, 5.74) is 3.02. The van der Waals surface area contributed by atoms with Crippen LogP contribution < -0.4 is 4.74 Å². The van der Waals surface area contributed by atoms with E-state index >= 15 is 0 Å². The molecule has 37 heavy (non-hydrogen) atoms. The first-order chi connectivity index (χ1) is 17.9. The SMILES string of the molecule is CCOC(=O)CCCCCC(=O)N1CCc2c([nH]c3ccc(OC)cc23)[C@@H]1c1ccc(COC(C)=O)o1. The third-order valence-corrected chi connectivity index (χ3v) is 6.60. The molecule has 9 heteroatoms. The van der Waals surface area contributed by atoms with Crippen LogP contribution in [-0.2, 0) is 36.9 Å². The van der Waals surface area contributed by atoms with Crippen LogP contribution in [0.4, 0.5) is 0 Å². The molecule has 1 amide bonds. The first-order valence-corrected chi connectivity index (χ1v) is 12.8. The van der Waals surface area contributed by atoms with Gasteiger partial charge in [-0.2, -0.15) is 0 Å². The number of aromatic amines is 1. The van der Waals surface area contributed by atoms with Crippen LogP contribution in [0.25, 0.3) is 10.9 Å². The first kappa shape index (κ1) is 26.3. The number of methoxy groups -OCH3 is 1. The molecular formula is C28H34N2O7. The number of nitrogens with one attached hydrogen (secondary N) is 1. The zero-order valence-corrected chi connectivity index (χ0v) is 21.6. The Kier molecular flexibility index (Phi) is 8.53. The van der Waals surface area contributed by atoms with Gasteiger partial charge in [0.2, 0.25) is 5.91 Å². The number of ether oxygens (including phenoxy) is 3. The van der Waals surface area contributed by atoms with Crippen molar-refractivity contribution in [3.05, 3.63) is 53.1 Å². The number of amides is 1. The van der Waals surface area contributed by atoms with E-state index in [0.29, 0.717) is 56.8 Å². The number of fused-ring (bicyclic) bond motifs is 3. The van der Waals surface area contributed by atoms with Crippen LogP contribution >= 0.6 is 0 Å². The lowest BCUT2D eigenvalue weighted by Gasteiger charge is -2.35.